The second-order valence-corrected chi connectivity index (χ2v) is 18.9. The zero-order valence-corrected chi connectivity index (χ0v) is 27.0. The van der Waals surface area contributed by atoms with Crippen molar-refractivity contribution in [3.05, 3.63) is 35.7 Å². The van der Waals surface area contributed by atoms with Crippen LogP contribution in [0.2, 0.25) is 30.7 Å². The summed E-state index contributed by atoms with van der Waals surface area (Å²) in [5.41, 5.74) is 4.10. The summed E-state index contributed by atoms with van der Waals surface area (Å²) in [6.45, 7) is 9.30. The number of nitrogens with one attached hydrogen (secondary N) is 1. The first-order valence-corrected chi connectivity index (χ1v) is 19.1. The van der Waals surface area contributed by atoms with E-state index >= 15 is 0 Å². The lowest BCUT2D eigenvalue weighted by Gasteiger charge is -2.39. The zero-order chi connectivity index (χ0) is 30.3. The molecule has 6 rings (SSSR count). The van der Waals surface area contributed by atoms with Crippen molar-refractivity contribution in [3.8, 4) is 11.1 Å². The van der Waals surface area contributed by atoms with Gasteiger partial charge in [0.1, 0.15) is 18.1 Å². The number of carbonyl (C=O) groups is 1. The Morgan fingerprint density at radius 1 is 1.14 bits per heavy atom. The molecule has 0 unspecified atom stereocenters. The summed E-state index contributed by atoms with van der Waals surface area (Å²) < 4.78 is 15.3. The van der Waals surface area contributed by atoms with Crippen molar-refractivity contribution in [1.82, 2.24) is 29.6 Å². The monoisotopic (exact) mass is 625 g/mol. The number of aromatic nitrogens is 5. The second-order valence-electron chi connectivity index (χ2n) is 12.9. The molecule has 11 nitrogen and oxygen atoms in total. The molecule has 2 bridgehead atoms. The van der Waals surface area contributed by atoms with Crippen molar-refractivity contribution >= 4 is 53.7 Å². The van der Waals surface area contributed by atoms with E-state index in [0.29, 0.717) is 31.5 Å². The van der Waals surface area contributed by atoms with Crippen LogP contribution in [-0.4, -0.2) is 82.0 Å². The maximum Gasteiger partial charge on any atom is 0.404 e. The Kier molecular flexibility index (Phi) is 8.38. The number of hydrogen-bond acceptors (Lipinski definition) is 7. The Bertz CT molecular complexity index is 1620. The van der Waals surface area contributed by atoms with Gasteiger partial charge in [0.05, 0.1) is 29.9 Å². The number of benzene rings is 1. The van der Waals surface area contributed by atoms with Crippen molar-refractivity contribution < 1.29 is 19.4 Å². The van der Waals surface area contributed by atoms with E-state index in [1.807, 2.05) is 40.0 Å². The van der Waals surface area contributed by atoms with Crippen LogP contribution in [0.15, 0.2) is 30.7 Å². The first-order chi connectivity index (χ1) is 20.6. The van der Waals surface area contributed by atoms with E-state index in [1.165, 1.54) is 0 Å². The molecule has 43 heavy (non-hydrogen) atoms. The lowest BCUT2D eigenvalue weighted by Crippen LogP contribution is -2.50. The Morgan fingerprint density at radius 3 is 2.60 bits per heavy atom. The number of ether oxygens (including phenoxy) is 2. The van der Waals surface area contributed by atoms with Gasteiger partial charge in [0.15, 0.2) is 5.65 Å². The van der Waals surface area contributed by atoms with Gasteiger partial charge in [-0.1, -0.05) is 37.3 Å². The highest BCUT2D eigenvalue weighted by Crippen LogP contribution is 2.41. The van der Waals surface area contributed by atoms with E-state index in [-0.39, 0.29) is 18.1 Å². The number of fused-ring (bicyclic) bond motifs is 4. The Hall–Kier alpha value is -3.19. The van der Waals surface area contributed by atoms with Crippen LogP contribution < -0.4 is 10.2 Å². The SMILES string of the molecule is COCCn1cc2c(Cl)c(-c3cn(COCC[Si](C)(C)C)c4nc(N5[C@@H]6CC[C@H]5C[C@@H](NC(=O)O)C6)cnc34)ccc2n1. The van der Waals surface area contributed by atoms with Crippen LogP contribution in [0.4, 0.5) is 10.6 Å². The number of hydrogen-bond donors (Lipinski definition) is 2. The lowest BCUT2D eigenvalue weighted by atomic mass is 9.97. The average molecular weight is 626 g/mol. The molecule has 0 aliphatic carbocycles. The van der Waals surface area contributed by atoms with Crippen molar-refractivity contribution in [2.24, 2.45) is 0 Å². The molecule has 1 amide bonds. The summed E-state index contributed by atoms with van der Waals surface area (Å²) in [4.78, 5) is 23.8. The molecular weight excluding hydrogens is 586 g/mol. The third-order valence-electron chi connectivity index (χ3n) is 8.59. The highest BCUT2D eigenvalue weighted by Gasteiger charge is 2.42. The highest BCUT2D eigenvalue weighted by atomic mass is 35.5. The zero-order valence-electron chi connectivity index (χ0n) is 25.2. The first kappa shape index (κ1) is 29.9. The molecule has 5 heterocycles. The number of rotatable bonds is 11. The Balaban J connectivity index is 1.36. The Morgan fingerprint density at radius 2 is 1.91 bits per heavy atom. The fraction of sp³-hybridized carbons (Fsp3) is 0.533. The van der Waals surface area contributed by atoms with Gasteiger partial charge in [0.2, 0.25) is 0 Å². The van der Waals surface area contributed by atoms with Crippen molar-refractivity contribution in [2.75, 3.05) is 25.2 Å². The number of anilines is 1. The molecule has 2 aliphatic rings. The van der Waals surface area contributed by atoms with Crippen LogP contribution in [-0.2, 0) is 22.7 Å². The van der Waals surface area contributed by atoms with Crippen LogP contribution in [0.25, 0.3) is 33.2 Å². The van der Waals surface area contributed by atoms with Gasteiger partial charge in [-0.3, -0.25) is 4.68 Å². The van der Waals surface area contributed by atoms with Crippen LogP contribution in [0, 0.1) is 0 Å². The summed E-state index contributed by atoms with van der Waals surface area (Å²) >= 11 is 7.03. The molecule has 2 fully saturated rings. The molecule has 0 spiro atoms. The van der Waals surface area contributed by atoms with Crippen molar-refractivity contribution in [1.29, 1.82) is 0 Å². The number of nitrogens with zero attached hydrogens (tertiary/aromatic N) is 6. The summed E-state index contributed by atoms with van der Waals surface area (Å²) in [6, 6.07) is 5.49. The summed E-state index contributed by atoms with van der Waals surface area (Å²) in [6.07, 6.45) is 8.46. The van der Waals surface area contributed by atoms with Gasteiger partial charge < -0.3 is 29.4 Å². The molecule has 230 valence electrons. The molecule has 1 aromatic carbocycles. The number of amides is 1. The third kappa shape index (κ3) is 6.24. The van der Waals surface area contributed by atoms with E-state index in [1.54, 1.807) is 7.11 Å². The van der Waals surface area contributed by atoms with Gasteiger partial charge in [0, 0.05) is 68.8 Å². The molecule has 0 radical (unpaired) electrons. The molecule has 2 N–H and O–H groups in total. The molecule has 13 heteroatoms. The molecule has 2 saturated heterocycles. The first-order valence-electron chi connectivity index (χ1n) is 15.0. The lowest BCUT2D eigenvalue weighted by molar-refractivity contribution is 0.0899. The molecule has 3 aromatic heterocycles. The standard InChI is InChI=1S/C30H40ClN7O4Si/c1-41-10-9-37-17-24-25(35-37)8-7-22(27(24)31)23-16-36(18-42-11-12-43(2,3)4)29-28(23)32-15-26(34-29)38-20-5-6-21(38)14-19(13-20)33-30(39)40/h7-8,15-17,19-21,33H,5-6,9-14,18H2,1-4H3,(H,39,40)/t19-,20+,21-. The van der Waals surface area contributed by atoms with E-state index in [0.717, 1.165) is 70.7 Å². The van der Waals surface area contributed by atoms with Crippen molar-refractivity contribution in [3.63, 3.8) is 0 Å². The summed E-state index contributed by atoms with van der Waals surface area (Å²) in [7, 11) is 0.439. The van der Waals surface area contributed by atoms with Gasteiger partial charge in [-0.15, -0.1) is 0 Å². The quantitative estimate of drug-likeness (QED) is 0.158. The van der Waals surface area contributed by atoms with Crippen LogP contribution in [0.1, 0.15) is 25.7 Å². The fourth-order valence-corrected chi connectivity index (χ4v) is 7.53. The number of halogens is 1. The maximum atomic E-state index is 11.3. The average Bonchev–Trinajstić information content (AvgIpc) is 3.61. The van der Waals surface area contributed by atoms with E-state index in [4.69, 9.17) is 31.0 Å². The van der Waals surface area contributed by atoms with Crippen LogP contribution in [0.3, 0.4) is 0 Å². The summed E-state index contributed by atoms with van der Waals surface area (Å²) in [5, 5.41) is 18.1. The van der Waals surface area contributed by atoms with Gasteiger partial charge >= 0.3 is 6.09 Å². The number of methoxy groups -OCH3 is 1. The highest BCUT2D eigenvalue weighted by molar-refractivity contribution is 6.76. The minimum Gasteiger partial charge on any atom is -0.465 e. The Labute approximate surface area is 257 Å². The normalized spacial score (nSPS) is 20.4. The molecule has 4 aromatic rings. The molecule has 2 aliphatic heterocycles. The van der Waals surface area contributed by atoms with E-state index in [9.17, 15) is 9.90 Å². The third-order valence-corrected chi connectivity index (χ3v) is 10.7. The fourth-order valence-electron chi connectivity index (χ4n) is 6.46. The smallest absolute Gasteiger partial charge is 0.404 e. The largest absolute Gasteiger partial charge is 0.465 e. The van der Waals surface area contributed by atoms with Crippen LogP contribution >= 0.6 is 11.6 Å². The van der Waals surface area contributed by atoms with Crippen LogP contribution in [0.5, 0.6) is 0 Å². The van der Waals surface area contributed by atoms with Crippen molar-refractivity contribution in [2.45, 2.75) is 82.8 Å². The predicted molar refractivity (Wildman–Crippen MR) is 171 cm³/mol. The minimum atomic E-state index is -1.24. The number of piperidine rings is 1. The van der Waals surface area contributed by atoms with Gasteiger partial charge in [-0.2, -0.15) is 5.10 Å². The van der Waals surface area contributed by atoms with E-state index < -0.39 is 14.2 Å². The number of carboxylic acid groups (broad SMARTS) is 1. The second kappa shape index (κ2) is 12.1. The maximum absolute atomic E-state index is 11.3. The molecular formula is C30H40ClN7O4Si. The summed E-state index contributed by atoms with van der Waals surface area (Å²) in [5.74, 6) is 0.822. The minimum absolute atomic E-state index is 0.0333. The molecule has 0 saturated carbocycles. The topological polar surface area (TPSA) is 120 Å². The molecule has 3 atom stereocenters. The predicted octanol–water partition coefficient (Wildman–Crippen LogP) is 5.83. The van der Waals surface area contributed by atoms with E-state index in [2.05, 4.69) is 35.0 Å². The van der Waals surface area contributed by atoms with Gasteiger partial charge in [-0.25, -0.2) is 14.8 Å². The van der Waals surface area contributed by atoms with Gasteiger partial charge in [0.25, 0.3) is 0 Å². The van der Waals surface area contributed by atoms with Gasteiger partial charge in [-0.05, 0) is 37.8 Å².